The Balaban J connectivity index is 1.30. The molecule has 6 heteroatoms. The summed E-state index contributed by atoms with van der Waals surface area (Å²) in [6.07, 6.45) is 3.04. The van der Waals surface area contributed by atoms with Gasteiger partial charge in [-0.1, -0.05) is 42.5 Å². The fourth-order valence-electron chi connectivity index (χ4n) is 3.47. The number of nitrogens with zero attached hydrogens (tertiary/aromatic N) is 1. The van der Waals surface area contributed by atoms with E-state index in [0.717, 1.165) is 19.3 Å². The summed E-state index contributed by atoms with van der Waals surface area (Å²) in [6.45, 7) is 0. The van der Waals surface area contributed by atoms with E-state index in [1.165, 1.54) is 22.5 Å². The first kappa shape index (κ1) is 18.4. The van der Waals surface area contributed by atoms with E-state index in [9.17, 15) is 9.59 Å². The molecule has 1 unspecified atom stereocenters. The van der Waals surface area contributed by atoms with Gasteiger partial charge in [0.1, 0.15) is 0 Å². The SMILES string of the molecule is O=C(Cc1csc(NC(=O)c2ccccc2)n1)NC1CCc2ccccc2C1. The van der Waals surface area contributed by atoms with Crippen molar-refractivity contribution in [2.45, 2.75) is 31.7 Å². The minimum atomic E-state index is -0.202. The highest BCUT2D eigenvalue weighted by Crippen LogP contribution is 2.21. The lowest BCUT2D eigenvalue weighted by Gasteiger charge is -2.25. The van der Waals surface area contributed by atoms with Crippen LogP contribution in [0.3, 0.4) is 0 Å². The monoisotopic (exact) mass is 391 g/mol. The number of rotatable bonds is 5. The maximum Gasteiger partial charge on any atom is 0.257 e. The number of amides is 2. The molecule has 0 aliphatic heterocycles. The molecular weight excluding hydrogens is 370 g/mol. The zero-order valence-corrected chi connectivity index (χ0v) is 16.2. The smallest absolute Gasteiger partial charge is 0.257 e. The molecule has 2 aromatic carbocycles. The zero-order valence-electron chi connectivity index (χ0n) is 15.4. The lowest BCUT2D eigenvalue weighted by atomic mass is 9.88. The molecule has 28 heavy (non-hydrogen) atoms. The predicted molar refractivity (Wildman–Crippen MR) is 111 cm³/mol. The maximum atomic E-state index is 12.4. The Morgan fingerprint density at radius 1 is 1.04 bits per heavy atom. The van der Waals surface area contributed by atoms with Crippen molar-refractivity contribution in [2.75, 3.05) is 5.32 Å². The van der Waals surface area contributed by atoms with Crippen molar-refractivity contribution in [1.29, 1.82) is 0 Å². The van der Waals surface area contributed by atoms with Gasteiger partial charge in [0.15, 0.2) is 5.13 Å². The number of hydrogen-bond donors (Lipinski definition) is 2. The average molecular weight is 391 g/mol. The molecule has 0 spiro atoms. The molecule has 0 fully saturated rings. The largest absolute Gasteiger partial charge is 0.353 e. The number of aromatic nitrogens is 1. The third kappa shape index (κ3) is 4.46. The van der Waals surface area contributed by atoms with Crippen molar-refractivity contribution < 1.29 is 9.59 Å². The lowest BCUT2D eigenvalue weighted by Crippen LogP contribution is -2.39. The standard InChI is InChI=1S/C22H21N3O2S/c26-20(23-18-11-10-15-6-4-5-9-17(15)12-18)13-19-14-28-22(24-19)25-21(27)16-7-2-1-3-8-16/h1-9,14,18H,10-13H2,(H,23,26)(H,24,25,27). The van der Waals surface area contributed by atoms with Crippen LogP contribution in [0.1, 0.15) is 33.6 Å². The molecule has 1 atom stereocenters. The fraction of sp³-hybridized carbons (Fsp3) is 0.227. The second-order valence-corrected chi connectivity index (χ2v) is 7.77. The van der Waals surface area contributed by atoms with Crippen LogP contribution in [0.5, 0.6) is 0 Å². The second-order valence-electron chi connectivity index (χ2n) is 6.92. The van der Waals surface area contributed by atoms with Crippen LogP contribution in [0.15, 0.2) is 60.0 Å². The van der Waals surface area contributed by atoms with E-state index >= 15 is 0 Å². The van der Waals surface area contributed by atoms with Gasteiger partial charge in [0.05, 0.1) is 12.1 Å². The van der Waals surface area contributed by atoms with Gasteiger partial charge in [-0.15, -0.1) is 11.3 Å². The Kier molecular flexibility index (Phi) is 5.48. The van der Waals surface area contributed by atoms with E-state index in [1.807, 2.05) is 29.6 Å². The number of hydrogen-bond acceptors (Lipinski definition) is 4. The Bertz CT molecular complexity index is 984. The highest BCUT2D eigenvalue weighted by Gasteiger charge is 2.20. The number of carbonyl (C=O) groups is 2. The molecule has 0 saturated heterocycles. The second kappa shape index (κ2) is 8.35. The van der Waals surface area contributed by atoms with Crippen LogP contribution in [0.4, 0.5) is 5.13 Å². The molecular formula is C22H21N3O2S. The average Bonchev–Trinajstić information content (AvgIpc) is 3.15. The van der Waals surface area contributed by atoms with Crippen LogP contribution in [-0.2, 0) is 24.1 Å². The van der Waals surface area contributed by atoms with Crippen LogP contribution in [0, 0.1) is 0 Å². The Morgan fingerprint density at radius 2 is 1.79 bits per heavy atom. The van der Waals surface area contributed by atoms with Crippen molar-refractivity contribution in [3.05, 3.63) is 82.4 Å². The van der Waals surface area contributed by atoms with Gasteiger partial charge in [-0.25, -0.2) is 4.98 Å². The van der Waals surface area contributed by atoms with Crippen LogP contribution >= 0.6 is 11.3 Å². The third-order valence-corrected chi connectivity index (χ3v) is 5.67. The van der Waals surface area contributed by atoms with E-state index in [2.05, 4.69) is 33.8 Å². The minimum absolute atomic E-state index is 0.0318. The first-order valence-corrected chi connectivity index (χ1v) is 10.2. The summed E-state index contributed by atoms with van der Waals surface area (Å²) in [7, 11) is 0. The molecule has 1 aromatic heterocycles. The normalized spacial score (nSPS) is 15.5. The van der Waals surface area contributed by atoms with Gasteiger partial charge in [-0.3, -0.25) is 14.9 Å². The fourth-order valence-corrected chi connectivity index (χ4v) is 4.17. The van der Waals surface area contributed by atoms with E-state index in [-0.39, 0.29) is 24.3 Å². The summed E-state index contributed by atoms with van der Waals surface area (Å²) in [5, 5.41) is 8.22. The van der Waals surface area contributed by atoms with E-state index in [4.69, 9.17) is 0 Å². The lowest BCUT2D eigenvalue weighted by molar-refractivity contribution is -0.121. The molecule has 3 aromatic rings. The maximum absolute atomic E-state index is 12.4. The number of nitrogens with one attached hydrogen (secondary N) is 2. The first-order chi connectivity index (χ1) is 13.7. The predicted octanol–water partition coefficient (Wildman–Crippen LogP) is 3.61. The highest BCUT2D eigenvalue weighted by molar-refractivity contribution is 7.14. The Morgan fingerprint density at radius 3 is 2.61 bits per heavy atom. The summed E-state index contributed by atoms with van der Waals surface area (Å²) in [4.78, 5) is 29.0. The summed E-state index contributed by atoms with van der Waals surface area (Å²) in [5.74, 6) is -0.234. The highest BCUT2D eigenvalue weighted by atomic mass is 32.1. The van der Waals surface area contributed by atoms with Gasteiger partial charge in [0.2, 0.25) is 5.91 Å². The number of aryl methyl sites for hydroxylation is 1. The van der Waals surface area contributed by atoms with E-state index < -0.39 is 0 Å². The summed E-state index contributed by atoms with van der Waals surface area (Å²) >= 11 is 1.33. The van der Waals surface area contributed by atoms with Crippen molar-refractivity contribution in [1.82, 2.24) is 10.3 Å². The molecule has 1 heterocycles. The van der Waals surface area contributed by atoms with Crippen LogP contribution in [0.25, 0.3) is 0 Å². The van der Waals surface area contributed by atoms with Crippen LogP contribution in [-0.4, -0.2) is 22.8 Å². The molecule has 2 amide bonds. The molecule has 4 rings (SSSR count). The molecule has 0 saturated carbocycles. The molecule has 2 N–H and O–H groups in total. The summed E-state index contributed by atoms with van der Waals surface area (Å²) < 4.78 is 0. The molecule has 142 valence electrons. The summed E-state index contributed by atoms with van der Waals surface area (Å²) in [5.41, 5.74) is 3.95. The van der Waals surface area contributed by atoms with Crippen molar-refractivity contribution >= 4 is 28.3 Å². The van der Waals surface area contributed by atoms with E-state index in [1.54, 1.807) is 12.1 Å². The van der Waals surface area contributed by atoms with Crippen LogP contribution in [0.2, 0.25) is 0 Å². The topological polar surface area (TPSA) is 71.1 Å². The Labute approximate surface area is 167 Å². The Hall–Kier alpha value is -2.99. The van der Waals surface area contributed by atoms with Gasteiger partial charge in [-0.2, -0.15) is 0 Å². The molecule has 0 bridgehead atoms. The van der Waals surface area contributed by atoms with Crippen molar-refractivity contribution in [3.8, 4) is 0 Å². The van der Waals surface area contributed by atoms with Gasteiger partial charge in [0.25, 0.3) is 5.91 Å². The first-order valence-electron chi connectivity index (χ1n) is 9.34. The number of anilines is 1. The summed E-state index contributed by atoms with van der Waals surface area (Å²) in [6, 6.07) is 17.6. The van der Waals surface area contributed by atoms with Gasteiger partial charge in [-0.05, 0) is 42.5 Å². The number of thiazole rings is 1. The van der Waals surface area contributed by atoms with Gasteiger partial charge in [0, 0.05) is 17.0 Å². The zero-order chi connectivity index (χ0) is 19.3. The minimum Gasteiger partial charge on any atom is -0.353 e. The number of fused-ring (bicyclic) bond motifs is 1. The van der Waals surface area contributed by atoms with Crippen molar-refractivity contribution in [2.24, 2.45) is 0 Å². The molecule has 0 radical (unpaired) electrons. The van der Waals surface area contributed by atoms with Crippen molar-refractivity contribution in [3.63, 3.8) is 0 Å². The number of carbonyl (C=O) groups excluding carboxylic acids is 2. The quantitative estimate of drug-likeness (QED) is 0.698. The van der Waals surface area contributed by atoms with Gasteiger partial charge >= 0.3 is 0 Å². The molecule has 1 aliphatic rings. The van der Waals surface area contributed by atoms with Gasteiger partial charge < -0.3 is 5.32 Å². The number of benzene rings is 2. The molecule has 1 aliphatic carbocycles. The van der Waals surface area contributed by atoms with Crippen LogP contribution < -0.4 is 10.6 Å². The third-order valence-electron chi connectivity index (χ3n) is 4.86. The van der Waals surface area contributed by atoms with E-state index in [0.29, 0.717) is 16.4 Å². The molecule has 5 nitrogen and oxygen atoms in total.